The SMILES string of the molecule is CC(C)n1ncc(Br)c1C(=O)c1cc(Br)ccc1N. The average Bonchev–Trinajstić information content (AvgIpc) is 2.73. The third-order valence-electron chi connectivity index (χ3n) is 2.71. The van der Waals surface area contributed by atoms with Crippen LogP contribution in [-0.4, -0.2) is 15.6 Å². The molecule has 4 nitrogen and oxygen atoms in total. The molecule has 0 saturated heterocycles. The lowest BCUT2D eigenvalue weighted by Crippen LogP contribution is -2.15. The highest BCUT2D eigenvalue weighted by Gasteiger charge is 2.22. The summed E-state index contributed by atoms with van der Waals surface area (Å²) in [7, 11) is 0. The van der Waals surface area contributed by atoms with Crippen LogP contribution in [0, 0.1) is 0 Å². The molecule has 2 rings (SSSR count). The number of ketones is 1. The highest BCUT2D eigenvalue weighted by atomic mass is 79.9. The van der Waals surface area contributed by atoms with E-state index in [1.807, 2.05) is 13.8 Å². The monoisotopic (exact) mass is 385 g/mol. The molecule has 0 amide bonds. The van der Waals surface area contributed by atoms with Crippen molar-refractivity contribution in [2.45, 2.75) is 19.9 Å². The van der Waals surface area contributed by atoms with Crippen LogP contribution >= 0.6 is 31.9 Å². The molecule has 0 atom stereocenters. The Morgan fingerprint density at radius 2 is 2.05 bits per heavy atom. The van der Waals surface area contributed by atoms with Gasteiger partial charge in [0.1, 0.15) is 5.69 Å². The average molecular weight is 387 g/mol. The fourth-order valence-corrected chi connectivity index (χ4v) is 2.61. The Kier molecular flexibility index (Phi) is 4.10. The normalized spacial score (nSPS) is 11.0. The van der Waals surface area contributed by atoms with Crippen LogP contribution in [0.25, 0.3) is 0 Å². The maximum Gasteiger partial charge on any atom is 0.214 e. The summed E-state index contributed by atoms with van der Waals surface area (Å²) in [5.41, 5.74) is 7.32. The van der Waals surface area contributed by atoms with Crippen LogP contribution in [0.1, 0.15) is 35.9 Å². The summed E-state index contributed by atoms with van der Waals surface area (Å²) < 4.78 is 3.18. The number of carbonyl (C=O) groups is 1. The van der Waals surface area contributed by atoms with Crippen molar-refractivity contribution in [3.63, 3.8) is 0 Å². The van der Waals surface area contributed by atoms with Gasteiger partial charge >= 0.3 is 0 Å². The summed E-state index contributed by atoms with van der Waals surface area (Å²) in [5, 5.41) is 4.21. The highest BCUT2D eigenvalue weighted by Crippen LogP contribution is 2.26. The van der Waals surface area contributed by atoms with E-state index in [0.717, 1.165) is 4.47 Å². The fourth-order valence-electron chi connectivity index (χ4n) is 1.80. The van der Waals surface area contributed by atoms with Gasteiger partial charge in [0.2, 0.25) is 5.78 Å². The quantitative estimate of drug-likeness (QED) is 0.644. The molecule has 1 heterocycles. The number of anilines is 1. The minimum Gasteiger partial charge on any atom is -0.398 e. The molecule has 19 heavy (non-hydrogen) atoms. The number of nitrogen functional groups attached to an aromatic ring is 1. The number of benzene rings is 1. The molecular weight excluding hydrogens is 374 g/mol. The molecule has 0 aliphatic rings. The molecule has 0 aliphatic carbocycles. The van der Waals surface area contributed by atoms with Gasteiger partial charge in [-0.15, -0.1) is 0 Å². The van der Waals surface area contributed by atoms with Gasteiger partial charge in [-0.2, -0.15) is 5.10 Å². The lowest BCUT2D eigenvalue weighted by molar-refractivity contribution is 0.102. The standard InChI is InChI=1S/C13H13Br2N3O/c1-7(2)18-12(10(15)6-17-18)13(19)9-5-8(14)3-4-11(9)16/h3-7H,16H2,1-2H3. The van der Waals surface area contributed by atoms with Gasteiger partial charge in [0, 0.05) is 21.8 Å². The molecule has 1 aromatic carbocycles. The van der Waals surface area contributed by atoms with Crippen molar-refractivity contribution in [2.24, 2.45) is 0 Å². The topological polar surface area (TPSA) is 60.9 Å². The first-order valence-electron chi connectivity index (χ1n) is 5.74. The molecule has 100 valence electrons. The van der Waals surface area contributed by atoms with Gasteiger partial charge in [0.15, 0.2) is 0 Å². The Morgan fingerprint density at radius 3 is 2.68 bits per heavy atom. The fraction of sp³-hybridized carbons (Fsp3) is 0.231. The first kappa shape index (κ1) is 14.3. The van der Waals surface area contributed by atoms with E-state index in [1.165, 1.54) is 0 Å². The van der Waals surface area contributed by atoms with Gasteiger partial charge in [-0.3, -0.25) is 9.48 Å². The van der Waals surface area contributed by atoms with Crippen LogP contribution in [0.4, 0.5) is 5.69 Å². The summed E-state index contributed by atoms with van der Waals surface area (Å²) in [5.74, 6) is -0.142. The van der Waals surface area contributed by atoms with Gasteiger partial charge < -0.3 is 5.73 Å². The van der Waals surface area contributed by atoms with Crippen molar-refractivity contribution in [1.29, 1.82) is 0 Å². The Hall–Kier alpha value is -1.14. The predicted molar refractivity (Wildman–Crippen MR) is 82.3 cm³/mol. The second-order valence-electron chi connectivity index (χ2n) is 4.44. The number of hydrogen-bond acceptors (Lipinski definition) is 3. The second-order valence-corrected chi connectivity index (χ2v) is 6.21. The zero-order valence-corrected chi connectivity index (χ0v) is 13.7. The summed E-state index contributed by atoms with van der Waals surface area (Å²) in [6.45, 7) is 3.95. The van der Waals surface area contributed by atoms with E-state index in [9.17, 15) is 4.79 Å². The van der Waals surface area contributed by atoms with Crippen LogP contribution < -0.4 is 5.73 Å². The third-order valence-corrected chi connectivity index (χ3v) is 3.79. The van der Waals surface area contributed by atoms with Gasteiger partial charge in [-0.25, -0.2) is 0 Å². The van der Waals surface area contributed by atoms with Crippen molar-refractivity contribution in [2.75, 3.05) is 5.73 Å². The minimum atomic E-state index is -0.142. The molecule has 0 unspecified atom stereocenters. The first-order chi connectivity index (χ1) is 8.91. The lowest BCUT2D eigenvalue weighted by Gasteiger charge is -2.12. The molecule has 0 bridgehead atoms. The Balaban J connectivity index is 2.56. The third kappa shape index (κ3) is 2.74. The van der Waals surface area contributed by atoms with Crippen LogP contribution in [0.2, 0.25) is 0 Å². The van der Waals surface area contributed by atoms with E-state index in [2.05, 4.69) is 37.0 Å². The number of nitrogens with two attached hydrogens (primary N) is 1. The molecule has 6 heteroatoms. The van der Waals surface area contributed by atoms with Gasteiger partial charge in [-0.1, -0.05) is 15.9 Å². The van der Waals surface area contributed by atoms with Gasteiger partial charge in [0.05, 0.1) is 10.7 Å². The second kappa shape index (κ2) is 5.46. The lowest BCUT2D eigenvalue weighted by atomic mass is 10.1. The van der Waals surface area contributed by atoms with E-state index in [-0.39, 0.29) is 11.8 Å². The molecule has 0 aliphatic heterocycles. The molecule has 2 N–H and O–H groups in total. The van der Waals surface area contributed by atoms with E-state index in [1.54, 1.807) is 29.1 Å². The molecule has 0 saturated carbocycles. The summed E-state index contributed by atoms with van der Waals surface area (Å²) >= 11 is 6.72. The number of hydrogen-bond donors (Lipinski definition) is 1. The molecule has 0 radical (unpaired) electrons. The number of nitrogens with zero attached hydrogens (tertiary/aromatic N) is 2. The number of carbonyl (C=O) groups excluding carboxylic acids is 1. The predicted octanol–water partition coefficient (Wildman–Crippen LogP) is 3.80. The number of rotatable bonds is 3. The zero-order valence-electron chi connectivity index (χ0n) is 10.5. The van der Waals surface area contributed by atoms with Crippen molar-refractivity contribution < 1.29 is 4.79 Å². The van der Waals surface area contributed by atoms with Crippen LogP contribution in [0.3, 0.4) is 0 Å². The van der Waals surface area contributed by atoms with Crippen molar-refractivity contribution in [3.05, 3.63) is 44.6 Å². The van der Waals surface area contributed by atoms with E-state index in [0.29, 0.717) is 21.4 Å². The molecular formula is C13H13Br2N3O. The summed E-state index contributed by atoms with van der Waals surface area (Å²) in [4.78, 5) is 12.6. The van der Waals surface area contributed by atoms with Crippen LogP contribution in [-0.2, 0) is 0 Å². The molecule has 0 fully saturated rings. The van der Waals surface area contributed by atoms with Crippen LogP contribution in [0.15, 0.2) is 33.3 Å². The minimum absolute atomic E-state index is 0.0960. The number of halogens is 2. The summed E-state index contributed by atoms with van der Waals surface area (Å²) in [6, 6.07) is 5.34. The van der Waals surface area contributed by atoms with Crippen molar-refractivity contribution >= 4 is 43.3 Å². The van der Waals surface area contributed by atoms with Crippen LogP contribution in [0.5, 0.6) is 0 Å². The van der Waals surface area contributed by atoms with Crippen molar-refractivity contribution in [3.8, 4) is 0 Å². The zero-order chi connectivity index (χ0) is 14.2. The Bertz CT molecular complexity index is 635. The Labute approximate surface area is 128 Å². The maximum atomic E-state index is 12.6. The largest absolute Gasteiger partial charge is 0.398 e. The van der Waals surface area contributed by atoms with E-state index < -0.39 is 0 Å². The summed E-state index contributed by atoms with van der Waals surface area (Å²) in [6.07, 6.45) is 1.63. The van der Waals surface area contributed by atoms with E-state index in [4.69, 9.17) is 5.73 Å². The first-order valence-corrected chi connectivity index (χ1v) is 7.33. The van der Waals surface area contributed by atoms with Crippen molar-refractivity contribution in [1.82, 2.24) is 9.78 Å². The van der Waals surface area contributed by atoms with E-state index >= 15 is 0 Å². The van der Waals surface area contributed by atoms with Gasteiger partial charge in [0.25, 0.3) is 0 Å². The Morgan fingerprint density at radius 1 is 1.37 bits per heavy atom. The van der Waals surface area contributed by atoms with Gasteiger partial charge in [-0.05, 0) is 48.0 Å². The molecule has 0 spiro atoms. The molecule has 2 aromatic rings. The highest BCUT2D eigenvalue weighted by molar-refractivity contribution is 9.10. The smallest absolute Gasteiger partial charge is 0.214 e. The maximum absolute atomic E-state index is 12.6. The number of aromatic nitrogens is 2. The molecule has 1 aromatic heterocycles.